The van der Waals surface area contributed by atoms with Gasteiger partial charge in [0.1, 0.15) is 6.33 Å². The van der Waals surface area contributed by atoms with E-state index in [1.165, 1.54) is 18.7 Å². The molecule has 0 amide bonds. The maximum Gasteiger partial charge on any atom is 0.115 e. The highest BCUT2D eigenvalue weighted by molar-refractivity contribution is 8.25. The predicted octanol–water partition coefficient (Wildman–Crippen LogP) is -0.140. The number of hydrogen-bond acceptors (Lipinski definition) is 5. The van der Waals surface area contributed by atoms with Crippen LogP contribution in [0.15, 0.2) is 23.6 Å². The van der Waals surface area contributed by atoms with Crippen molar-refractivity contribution in [2.24, 2.45) is 10.3 Å². The van der Waals surface area contributed by atoms with Crippen LogP contribution in [0.5, 0.6) is 0 Å². The highest BCUT2D eigenvalue weighted by Gasteiger charge is 2.10. The van der Waals surface area contributed by atoms with Gasteiger partial charge in [0.15, 0.2) is 0 Å². The monoisotopic (exact) mass is 160 g/mol. The zero-order valence-electron chi connectivity index (χ0n) is 5.14. The van der Waals surface area contributed by atoms with Gasteiger partial charge in [0.05, 0.1) is 4.90 Å². The summed E-state index contributed by atoms with van der Waals surface area (Å²) in [5.41, 5.74) is 0. The lowest BCUT2D eigenvalue weighted by Gasteiger charge is -2.21. The molecule has 1 aromatic heterocycles. The van der Waals surface area contributed by atoms with E-state index in [0.29, 0.717) is 4.90 Å². The lowest BCUT2D eigenvalue weighted by atomic mass is 10.7. The van der Waals surface area contributed by atoms with Crippen molar-refractivity contribution in [3.8, 4) is 0 Å². The zero-order valence-corrected chi connectivity index (χ0v) is 5.95. The van der Waals surface area contributed by atoms with Crippen LogP contribution in [-0.4, -0.2) is 14.5 Å². The van der Waals surface area contributed by atoms with Gasteiger partial charge in [-0.25, -0.2) is 9.97 Å². The summed E-state index contributed by atoms with van der Waals surface area (Å²) in [6.45, 7) is 0. The molecule has 0 spiro atoms. The molecule has 6 heteroatoms. The summed E-state index contributed by atoms with van der Waals surface area (Å²) in [5.74, 6) is 0. The molecule has 0 radical (unpaired) electrons. The lowest BCUT2D eigenvalue weighted by Crippen LogP contribution is -2.19. The smallest absolute Gasteiger partial charge is 0.115 e. The van der Waals surface area contributed by atoms with Crippen LogP contribution >= 0.6 is 10.7 Å². The van der Waals surface area contributed by atoms with Crippen molar-refractivity contribution < 1.29 is 4.55 Å². The first-order chi connectivity index (χ1) is 4.61. The van der Waals surface area contributed by atoms with Gasteiger partial charge >= 0.3 is 0 Å². The summed E-state index contributed by atoms with van der Waals surface area (Å²) in [5, 5.41) is 10.4. The van der Waals surface area contributed by atoms with Crippen LogP contribution in [0.2, 0.25) is 0 Å². The van der Waals surface area contributed by atoms with E-state index in [2.05, 4.69) is 9.97 Å². The van der Waals surface area contributed by atoms with Crippen LogP contribution in [0, 0.1) is 0 Å². The molecule has 1 rings (SSSR count). The van der Waals surface area contributed by atoms with Gasteiger partial charge in [0.2, 0.25) is 0 Å². The summed E-state index contributed by atoms with van der Waals surface area (Å²) < 4.78 is 9.05. The Labute approximate surface area is 59.9 Å². The van der Waals surface area contributed by atoms with Crippen molar-refractivity contribution in [1.82, 2.24) is 9.97 Å². The first-order valence-corrected chi connectivity index (χ1v) is 4.18. The van der Waals surface area contributed by atoms with Crippen molar-refractivity contribution in [3.63, 3.8) is 0 Å². The molecule has 56 valence electrons. The Balaban J connectivity index is 2.97. The van der Waals surface area contributed by atoms with E-state index in [1.54, 1.807) is 0 Å². The Morgan fingerprint density at radius 2 is 1.80 bits per heavy atom. The molecule has 1 aromatic rings. The topological polar surface area (TPSA) is 98.0 Å². The summed E-state index contributed by atoms with van der Waals surface area (Å²) in [6, 6.07) is 0. The lowest BCUT2D eigenvalue weighted by molar-refractivity contribution is 0.626. The first kappa shape index (κ1) is 7.42. The van der Waals surface area contributed by atoms with E-state index in [4.69, 9.17) is 14.8 Å². The molecule has 0 atom stereocenters. The Kier molecular flexibility index (Phi) is 1.86. The minimum absolute atomic E-state index is 0.370. The number of hydrogen-bond donors (Lipinski definition) is 3. The van der Waals surface area contributed by atoms with Gasteiger partial charge < -0.3 is 4.55 Å². The molecule has 0 saturated carbocycles. The molecule has 0 aliphatic carbocycles. The molecule has 5 nitrogen and oxygen atoms in total. The number of nitrogens with zero attached hydrogens (tertiary/aromatic N) is 2. The highest BCUT2D eigenvalue weighted by atomic mass is 32.3. The van der Waals surface area contributed by atoms with E-state index in [1.807, 2.05) is 0 Å². The molecule has 1 heterocycles. The average molecular weight is 160 g/mol. The van der Waals surface area contributed by atoms with E-state index < -0.39 is 10.7 Å². The van der Waals surface area contributed by atoms with E-state index in [0.717, 1.165) is 0 Å². The van der Waals surface area contributed by atoms with Gasteiger partial charge in [0, 0.05) is 23.1 Å². The fraction of sp³-hybridized carbons (Fsp3) is 0. The minimum atomic E-state index is -2.63. The van der Waals surface area contributed by atoms with E-state index in [-0.39, 0.29) is 0 Å². The second-order valence-corrected chi connectivity index (χ2v) is 3.57. The van der Waals surface area contributed by atoms with Crippen molar-refractivity contribution in [3.05, 3.63) is 18.7 Å². The Morgan fingerprint density at radius 3 is 2.10 bits per heavy atom. The number of aromatic nitrogens is 2. The molecule has 10 heavy (non-hydrogen) atoms. The molecule has 0 unspecified atom stereocenters. The van der Waals surface area contributed by atoms with Crippen molar-refractivity contribution in [2.75, 3.05) is 0 Å². The fourth-order valence-corrected chi connectivity index (χ4v) is 0.914. The summed E-state index contributed by atoms with van der Waals surface area (Å²) in [4.78, 5) is 7.65. The molecule has 0 fully saturated rings. The van der Waals surface area contributed by atoms with Crippen molar-refractivity contribution in [2.45, 2.75) is 4.90 Å². The standard InChI is InChI=1S/C4H8N4OS/c5-10(6,9)4-1-7-3-8-2-4/h1-3,9H,5-6H2. The van der Waals surface area contributed by atoms with Gasteiger partial charge in [-0.15, -0.1) is 0 Å². The zero-order chi connectivity index (χ0) is 7.61. The summed E-state index contributed by atoms with van der Waals surface area (Å²) in [7, 11) is -2.63. The third-order valence-electron chi connectivity index (χ3n) is 0.914. The normalized spacial score (nSPS) is 13.1. The van der Waals surface area contributed by atoms with Crippen LogP contribution in [0.4, 0.5) is 0 Å². The van der Waals surface area contributed by atoms with Crippen LogP contribution in [0.25, 0.3) is 0 Å². The Hall–Kier alpha value is -0.690. The van der Waals surface area contributed by atoms with E-state index >= 15 is 0 Å². The molecule has 5 N–H and O–H groups in total. The van der Waals surface area contributed by atoms with Crippen LogP contribution in [0.1, 0.15) is 0 Å². The average Bonchev–Trinajstić information content (AvgIpc) is 1.88. The third-order valence-corrected chi connectivity index (χ3v) is 1.88. The van der Waals surface area contributed by atoms with Crippen molar-refractivity contribution in [1.29, 1.82) is 0 Å². The van der Waals surface area contributed by atoms with Gasteiger partial charge in [-0.05, 0) is 0 Å². The third kappa shape index (κ3) is 1.64. The SMILES string of the molecule is NS(N)(O)c1cncnc1. The molecular formula is C4H8N4OS. The van der Waals surface area contributed by atoms with Gasteiger partial charge in [-0.1, -0.05) is 0 Å². The Bertz CT molecular complexity index is 208. The predicted molar refractivity (Wildman–Crippen MR) is 38.9 cm³/mol. The number of rotatable bonds is 1. The summed E-state index contributed by atoms with van der Waals surface area (Å²) >= 11 is 0. The molecule has 0 aliphatic rings. The molecule has 0 aromatic carbocycles. The number of nitrogens with two attached hydrogens (primary N) is 2. The first-order valence-electron chi connectivity index (χ1n) is 2.47. The van der Waals surface area contributed by atoms with Crippen LogP contribution in [0.3, 0.4) is 0 Å². The summed E-state index contributed by atoms with van der Waals surface area (Å²) in [6.07, 6.45) is 4.12. The highest BCUT2D eigenvalue weighted by Crippen LogP contribution is 2.33. The fourth-order valence-electron chi connectivity index (χ4n) is 0.454. The molecule has 0 saturated heterocycles. The quantitative estimate of drug-likeness (QED) is 0.531. The maximum atomic E-state index is 9.05. The van der Waals surface area contributed by atoms with Crippen LogP contribution in [-0.2, 0) is 0 Å². The maximum absolute atomic E-state index is 9.05. The Morgan fingerprint density at radius 1 is 1.30 bits per heavy atom. The van der Waals surface area contributed by atoms with Gasteiger partial charge in [-0.3, -0.25) is 10.3 Å². The van der Waals surface area contributed by atoms with Crippen LogP contribution < -0.4 is 10.3 Å². The van der Waals surface area contributed by atoms with E-state index in [9.17, 15) is 0 Å². The largest absolute Gasteiger partial charge is 0.322 e. The second kappa shape index (κ2) is 2.51. The van der Waals surface area contributed by atoms with Crippen molar-refractivity contribution >= 4 is 10.7 Å². The second-order valence-electron chi connectivity index (χ2n) is 1.75. The molecular weight excluding hydrogens is 152 g/mol. The molecule has 0 aliphatic heterocycles. The van der Waals surface area contributed by atoms with Gasteiger partial charge in [-0.2, -0.15) is 0 Å². The molecule has 0 bridgehead atoms. The van der Waals surface area contributed by atoms with Gasteiger partial charge in [0.25, 0.3) is 0 Å². The minimum Gasteiger partial charge on any atom is -0.322 e.